The molecule has 0 aliphatic carbocycles. The molecule has 1 aliphatic heterocycles. The van der Waals surface area contributed by atoms with Crippen LogP contribution in [0.1, 0.15) is 35.2 Å². The number of fused-ring (bicyclic) bond motifs is 1. The largest absolute Gasteiger partial charge is 0.493 e. The van der Waals surface area contributed by atoms with Crippen molar-refractivity contribution in [3.8, 4) is 11.5 Å². The van der Waals surface area contributed by atoms with Gasteiger partial charge in [0.2, 0.25) is 0 Å². The number of aryl methyl sites for hydroxylation is 1. The minimum Gasteiger partial charge on any atom is -0.493 e. The van der Waals surface area contributed by atoms with Crippen LogP contribution in [-0.2, 0) is 12.8 Å². The maximum atomic E-state index is 5.48. The lowest BCUT2D eigenvalue weighted by molar-refractivity contribution is 0.200. The van der Waals surface area contributed by atoms with Crippen molar-refractivity contribution in [1.82, 2.24) is 4.90 Å². The van der Waals surface area contributed by atoms with E-state index in [9.17, 15) is 0 Å². The lowest BCUT2D eigenvalue weighted by Gasteiger charge is -2.35. The lowest BCUT2D eigenvalue weighted by Crippen LogP contribution is -2.35. The average Bonchev–Trinajstić information content (AvgIpc) is 2.61. The molecule has 0 bridgehead atoms. The Morgan fingerprint density at radius 2 is 1.71 bits per heavy atom. The predicted molar refractivity (Wildman–Crippen MR) is 98.1 cm³/mol. The molecule has 0 saturated heterocycles. The van der Waals surface area contributed by atoms with Gasteiger partial charge in [-0.3, -0.25) is 4.90 Å². The first-order chi connectivity index (χ1) is 11.6. The van der Waals surface area contributed by atoms with E-state index in [2.05, 4.69) is 55.1 Å². The second-order valence-corrected chi connectivity index (χ2v) is 6.60. The first-order valence-corrected chi connectivity index (χ1v) is 8.66. The van der Waals surface area contributed by atoms with Crippen molar-refractivity contribution in [2.75, 3.05) is 27.3 Å². The van der Waals surface area contributed by atoms with Crippen LogP contribution in [0.5, 0.6) is 11.5 Å². The third-order valence-electron chi connectivity index (χ3n) is 5.12. The SMILES string of the molecule is COc1cc2c(cc1OC)C(C)N(CCc1ccc(C)cc1)CC2. The predicted octanol–water partition coefficient (Wildman–Crippen LogP) is 4.17. The molecule has 24 heavy (non-hydrogen) atoms. The fourth-order valence-electron chi connectivity index (χ4n) is 3.53. The van der Waals surface area contributed by atoms with E-state index in [4.69, 9.17) is 9.47 Å². The first kappa shape index (κ1) is 16.8. The molecule has 0 amide bonds. The van der Waals surface area contributed by atoms with E-state index in [1.807, 2.05) is 0 Å². The highest BCUT2D eigenvalue weighted by atomic mass is 16.5. The number of methoxy groups -OCH3 is 2. The van der Waals surface area contributed by atoms with Crippen LogP contribution in [0.2, 0.25) is 0 Å². The molecule has 3 rings (SSSR count). The Balaban J connectivity index is 1.74. The lowest BCUT2D eigenvalue weighted by atomic mass is 9.92. The molecule has 0 saturated carbocycles. The summed E-state index contributed by atoms with van der Waals surface area (Å²) in [5, 5.41) is 0. The molecule has 1 aliphatic rings. The third-order valence-corrected chi connectivity index (χ3v) is 5.12. The fraction of sp³-hybridized carbons (Fsp3) is 0.429. The minimum atomic E-state index is 0.402. The molecule has 0 N–H and O–H groups in total. The van der Waals surface area contributed by atoms with Gasteiger partial charge < -0.3 is 9.47 Å². The number of hydrogen-bond donors (Lipinski definition) is 0. The van der Waals surface area contributed by atoms with Crippen molar-refractivity contribution in [2.24, 2.45) is 0 Å². The molecular weight excluding hydrogens is 298 g/mol. The Hall–Kier alpha value is -2.00. The highest BCUT2D eigenvalue weighted by Gasteiger charge is 2.25. The summed E-state index contributed by atoms with van der Waals surface area (Å²) in [6, 6.07) is 13.6. The highest BCUT2D eigenvalue weighted by Crippen LogP contribution is 2.37. The Labute approximate surface area is 145 Å². The molecule has 128 valence electrons. The van der Waals surface area contributed by atoms with Crippen LogP contribution < -0.4 is 9.47 Å². The first-order valence-electron chi connectivity index (χ1n) is 8.66. The van der Waals surface area contributed by atoms with Crippen molar-refractivity contribution >= 4 is 0 Å². The Morgan fingerprint density at radius 3 is 2.38 bits per heavy atom. The molecule has 1 unspecified atom stereocenters. The number of rotatable bonds is 5. The van der Waals surface area contributed by atoms with Gasteiger partial charge in [-0.2, -0.15) is 0 Å². The normalized spacial score (nSPS) is 17.4. The summed E-state index contributed by atoms with van der Waals surface area (Å²) in [5.41, 5.74) is 5.47. The van der Waals surface area contributed by atoms with E-state index in [0.717, 1.165) is 37.4 Å². The van der Waals surface area contributed by atoms with E-state index in [1.165, 1.54) is 22.3 Å². The third kappa shape index (κ3) is 3.41. The van der Waals surface area contributed by atoms with Gasteiger partial charge in [0.05, 0.1) is 14.2 Å². The summed E-state index contributed by atoms with van der Waals surface area (Å²) in [5.74, 6) is 1.65. The quantitative estimate of drug-likeness (QED) is 0.823. The summed E-state index contributed by atoms with van der Waals surface area (Å²) in [7, 11) is 3.40. The maximum Gasteiger partial charge on any atom is 0.161 e. The molecule has 0 spiro atoms. The standard InChI is InChI=1S/C21H27NO2/c1-15-5-7-17(8-6-15)9-11-22-12-10-18-13-20(23-3)21(24-4)14-19(18)16(22)2/h5-8,13-14,16H,9-12H2,1-4H3. The number of hydrogen-bond acceptors (Lipinski definition) is 3. The van der Waals surface area contributed by atoms with Crippen LogP contribution in [0.25, 0.3) is 0 Å². The second kappa shape index (κ2) is 7.27. The van der Waals surface area contributed by atoms with E-state index < -0.39 is 0 Å². The molecule has 3 heteroatoms. The average molecular weight is 325 g/mol. The molecule has 0 radical (unpaired) electrons. The summed E-state index contributed by atoms with van der Waals surface area (Å²) in [6.07, 6.45) is 2.15. The molecule has 1 atom stereocenters. The van der Waals surface area contributed by atoms with Crippen LogP contribution in [0.15, 0.2) is 36.4 Å². The molecule has 2 aromatic carbocycles. The maximum absolute atomic E-state index is 5.48. The summed E-state index contributed by atoms with van der Waals surface area (Å²) in [4.78, 5) is 2.56. The van der Waals surface area contributed by atoms with Crippen LogP contribution in [0.3, 0.4) is 0 Å². The van der Waals surface area contributed by atoms with Crippen molar-refractivity contribution in [1.29, 1.82) is 0 Å². The second-order valence-electron chi connectivity index (χ2n) is 6.60. The minimum absolute atomic E-state index is 0.402. The smallest absolute Gasteiger partial charge is 0.161 e. The Morgan fingerprint density at radius 1 is 1.04 bits per heavy atom. The van der Waals surface area contributed by atoms with Gasteiger partial charge in [0, 0.05) is 19.1 Å². The van der Waals surface area contributed by atoms with Crippen molar-refractivity contribution in [2.45, 2.75) is 32.7 Å². The van der Waals surface area contributed by atoms with Crippen molar-refractivity contribution in [3.63, 3.8) is 0 Å². The van der Waals surface area contributed by atoms with E-state index in [0.29, 0.717) is 6.04 Å². The van der Waals surface area contributed by atoms with Crippen LogP contribution >= 0.6 is 0 Å². The molecule has 3 nitrogen and oxygen atoms in total. The van der Waals surface area contributed by atoms with Crippen LogP contribution in [0.4, 0.5) is 0 Å². The van der Waals surface area contributed by atoms with Gasteiger partial charge in [0.15, 0.2) is 11.5 Å². The molecule has 0 aromatic heterocycles. The van der Waals surface area contributed by atoms with Crippen LogP contribution in [0, 0.1) is 6.92 Å². The number of nitrogens with zero attached hydrogens (tertiary/aromatic N) is 1. The zero-order valence-corrected chi connectivity index (χ0v) is 15.1. The molecular formula is C21H27NO2. The van der Waals surface area contributed by atoms with Gasteiger partial charge in [-0.1, -0.05) is 29.8 Å². The number of benzene rings is 2. The van der Waals surface area contributed by atoms with Gasteiger partial charge in [0.25, 0.3) is 0 Å². The Kier molecular flexibility index (Phi) is 5.10. The van der Waals surface area contributed by atoms with Crippen molar-refractivity contribution < 1.29 is 9.47 Å². The number of ether oxygens (including phenoxy) is 2. The van der Waals surface area contributed by atoms with Crippen LogP contribution in [-0.4, -0.2) is 32.2 Å². The summed E-state index contributed by atoms with van der Waals surface area (Å²) >= 11 is 0. The summed E-state index contributed by atoms with van der Waals surface area (Å²) in [6.45, 7) is 6.60. The van der Waals surface area contributed by atoms with E-state index in [1.54, 1.807) is 14.2 Å². The van der Waals surface area contributed by atoms with Crippen molar-refractivity contribution in [3.05, 3.63) is 58.7 Å². The zero-order valence-electron chi connectivity index (χ0n) is 15.1. The molecule has 1 heterocycles. The van der Waals surface area contributed by atoms with Gasteiger partial charge in [-0.25, -0.2) is 0 Å². The zero-order chi connectivity index (χ0) is 17.1. The molecule has 2 aromatic rings. The van der Waals surface area contributed by atoms with E-state index in [-0.39, 0.29) is 0 Å². The topological polar surface area (TPSA) is 21.7 Å². The summed E-state index contributed by atoms with van der Waals surface area (Å²) < 4.78 is 10.9. The monoisotopic (exact) mass is 325 g/mol. The van der Waals surface area contributed by atoms with E-state index >= 15 is 0 Å². The highest BCUT2D eigenvalue weighted by molar-refractivity contribution is 5.49. The van der Waals surface area contributed by atoms with Gasteiger partial charge in [0.1, 0.15) is 0 Å². The Bertz CT molecular complexity index is 694. The van der Waals surface area contributed by atoms with Gasteiger partial charge >= 0.3 is 0 Å². The fourth-order valence-corrected chi connectivity index (χ4v) is 3.53. The van der Waals surface area contributed by atoms with Gasteiger partial charge in [-0.15, -0.1) is 0 Å². The van der Waals surface area contributed by atoms with Gasteiger partial charge in [-0.05, 0) is 55.5 Å². The molecule has 0 fully saturated rings.